The van der Waals surface area contributed by atoms with Gasteiger partial charge in [0, 0.05) is 51.6 Å². The van der Waals surface area contributed by atoms with Crippen molar-refractivity contribution in [3.63, 3.8) is 0 Å². The molecule has 1 aliphatic heterocycles. The van der Waals surface area contributed by atoms with Crippen molar-refractivity contribution >= 4 is 11.8 Å². The lowest BCUT2D eigenvalue weighted by Gasteiger charge is -2.29. The molecule has 0 saturated carbocycles. The van der Waals surface area contributed by atoms with Crippen molar-refractivity contribution in [2.24, 2.45) is 0 Å². The highest BCUT2D eigenvalue weighted by molar-refractivity contribution is 5.96. The Labute approximate surface area is 412 Å². The van der Waals surface area contributed by atoms with Crippen LogP contribution in [0.15, 0.2) is 72.4 Å². The number of nitrogens with one attached hydrogen (secondary N) is 2. The van der Waals surface area contributed by atoms with Gasteiger partial charge in [-0.15, -0.1) is 0 Å². The van der Waals surface area contributed by atoms with Gasteiger partial charge in [0.05, 0.1) is 18.8 Å². The van der Waals surface area contributed by atoms with Crippen LogP contribution in [0.3, 0.4) is 0 Å². The summed E-state index contributed by atoms with van der Waals surface area (Å²) in [5, 5.41) is 5.95. The third-order valence-corrected chi connectivity index (χ3v) is 13.3. The van der Waals surface area contributed by atoms with E-state index in [0.29, 0.717) is 44.5 Å². The Morgan fingerprint density at radius 3 is 1.72 bits per heavy atom. The summed E-state index contributed by atoms with van der Waals surface area (Å²) in [5.41, 5.74) is 0.674. The van der Waals surface area contributed by atoms with Crippen molar-refractivity contribution in [3.8, 4) is 0 Å². The van der Waals surface area contributed by atoms with Gasteiger partial charge < -0.3 is 29.7 Å². The Morgan fingerprint density at radius 2 is 1.18 bits per heavy atom. The molecule has 1 aliphatic carbocycles. The topological polar surface area (TPSA) is 89.1 Å². The average Bonchev–Trinajstić information content (AvgIpc) is 3.75. The molecule has 2 N–H and O–H groups in total. The van der Waals surface area contributed by atoms with Gasteiger partial charge in [-0.05, 0) is 123 Å². The first-order valence-corrected chi connectivity index (χ1v) is 28.0. The largest absolute Gasteiger partial charge is 0.377 e. The van der Waals surface area contributed by atoms with Gasteiger partial charge in [0.2, 0.25) is 5.91 Å². The van der Waals surface area contributed by atoms with E-state index in [1.165, 1.54) is 141 Å². The van der Waals surface area contributed by atoms with Crippen molar-refractivity contribution in [2.75, 3.05) is 46.9 Å². The van der Waals surface area contributed by atoms with E-state index in [0.717, 1.165) is 64.5 Å². The van der Waals surface area contributed by atoms with Gasteiger partial charge in [-0.25, -0.2) is 0 Å². The van der Waals surface area contributed by atoms with Crippen LogP contribution < -0.4 is 10.6 Å². The second-order valence-electron chi connectivity index (χ2n) is 19.5. The van der Waals surface area contributed by atoms with Crippen molar-refractivity contribution in [2.45, 2.75) is 244 Å². The Balaban J connectivity index is 1.61. The normalized spacial score (nSPS) is 17.3. The summed E-state index contributed by atoms with van der Waals surface area (Å²) >= 11 is 0. The highest BCUT2D eigenvalue weighted by atomic mass is 16.7. The van der Waals surface area contributed by atoms with Crippen LogP contribution in [0.5, 0.6) is 0 Å². The first kappa shape index (κ1) is 60.3. The number of ether oxygens (including phenoxy) is 3. The number of rotatable bonds is 45. The van der Waals surface area contributed by atoms with Gasteiger partial charge in [0.25, 0.3) is 5.91 Å². The molecule has 67 heavy (non-hydrogen) atoms. The molecule has 1 fully saturated rings. The van der Waals surface area contributed by atoms with E-state index >= 15 is 0 Å². The van der Waals surface area contributed by atoms with E-state index < -0.39 is 5.79 Å². The molecule has 0 radical (unpaired) electrons. The minimum absolute atomic E-state index is 0.0451. The van der Waals surface area contributed by atoms with Gasteiger partial charge in [-0.2, -0.15) is 0 Å². The molecule has 2 aliphatic rings. The maximum Gasteiger partial charge on any atom is 0.250 e. The molecule has 0 aromatic carbocycles. The highest BCUT2D eigenvalue weighted by Crippen LogP contribution is 2.36. The van der Waals surface area contributed by atoms with E-state index in [2.05, 4.69) is 85.0 Å². The Hall–Kier alpha value is -2.78. The van der Waals surface area contributed by atoms with Crippen molar-refractivity contribution in [3.05, 3.63) is 72.4 Å². The monoisotopic (exact) mass is 934 g/mol. The molecule has 8 nitrogen and oxygen atoms in total. The fourth-order valence-electron chi connectivity index (χ4n) is 8.88. The van der Waals surface area contributed by atoms with Crippen LogP contribution in [-0.2, 0) is 23.8 Å². The smallest absolute Gasteiger partial charge is 0.250 e. The highest BCUT2D eigenvalue weighted by Gasteiger charge is 2.40. The Bertz CT molecular complexity index is 1340. The summed E-state index contributed by atoms with van der Waals surface area (Å²) in [6.07, 6.45) is 63.0. The molecule has 384 valence electrons. The summed E-state index contributed by atoms with van der Waals surface area (Å²) in [5.74, 6) is -0.381. The lowest BCUT2D eigenvalue weighted by atomic mass is 9.98. The molecule has 0 bridgehead atoms. The third kappa shape index (κ3) is 34.2. The van der Waals surface area contributed by atoms with E-state index in [9.17, 15) is 9.59 Å². The maximum absolute atomic E-state index is 12.4. The molecule has 2 rings (SSSR count). The zero-order valence-electron chi connectivity index (χ0n) is 43.9. The van der Waals surface area contributed by atoms with E-state index in [4.69, 9.17) is 14.2 Å². The van der Waals surface area contributed by atoms with Crippen LogP contribution in [0.1, 0.15) is 226 Å². The third-order valence-electron chi connectivity index (χ3n) is 13.3. The number of unbranched alkanes of at least 4 members (excludes halogenated alkanes) is 20. The molecule has 0 aromatic rings. The first-order valence-electron chi connectivity index (χ1n) is 28.0. The second-order valence-corrected chi connectivity index (χ2v) is 19.5. The fourth-order valence-corrected chi connectivity index (χ4v) is 8.88. The summed E-state index contributed by atoms with van der Waals surface area (Å²) in [4.78, 5) is 27.1. The van der Waals surface area contributed by atoms with Gasteiger partial charge in [0.15, 0.2) is 5.79 Å². The van der Waals surface area contributed by atoms with Crippen LogP contribution in [0.2, 0.25) is 0 Å². The molecular weight excluding hydrogens is 831 g/mol. The van der Waals surface area contributed by atoms with Crippen LogP contribution in [0.25, 0.3) is 0 Å². The number of carbonyl (C=O) groups is 2. The number of hydrogen-bond acceptors (Lipinski definition) is 6. The summed E-state index contributed by atoms with van der Waals surface area (Å²) in [7, 11) is 3.88. The van der Waals surface area contributed by atoms with Crippen molar-refractivity contribution in [1.82, 2.24) is 15.5 Å². The van der Waals surface area contributed by atoms with E-state index in [-0.39, 0.29) is 24.0 Å². The number of amides is 2. The Kier molecular flexibility index (Phi) is 39.0. The minimum atomic E-state index is -0.401. The lowest BCUT2D eigenvalue weighted by Crippen LogP contribution is -2.32. The van der Waals surface area contributed by atoms with Crippen LogP contribution in [-0.4, -0.2) is 81.7 Å². The van der Waals surface area contributed by atoms with Crippen LogP contribution in [0, 0.1) is 0 Å². The Morgan fingerprint density at radius 1 is 0.657 bits per heavy atom. The number of carbonyl (C=O) groups excluding carboxylic acids is 2. The maximum atomic E-state index is 12.4. The predicted molar refractivity (Wildman–Crippen MR) is 285 cm³/mol. The number of hydrogen-bond donors (Lipinski definition) is 2. The minimum Gasteiger partial charge on any atom is -0.377 e. The molecule has 2 unspecified atom stereocenters. The van der Waals surface area contributed by atoms with Crippen LogP contribution >= 0.6 is 0 Å². The summed E-state index contributed by atoms with van der Waals surface area (Å²) < 4.78 is 18.8. The van der Waals surface area contributed by atoms with Gasteiger partial charge in [-0.3, -0.25) is 9.59 Å². The standard InChI is InChI=1S/C59H103N3O5/c1-5-7-9-11-13-15-17-19-21-23-25-27-29-31-33-37-47-59(48-38-34-32-30-28-26-24-22-20-18-16-14-12-10-8-6-2)66-53-56(67-59)46-52-62(3)51-39-35-36-41-57(63)60-49-40-50-61-58(64)54-42-44-55(65-4)45-43-54/h13-16,19-22,42-44,55-56H,5-12,17-18,23-41,45-53H2,1-4H3,(H,60,63)(H,61,64)/b15-13-,16-14-,21-19-,22-20-. The average molecular weight is 934 g/mol. The molecule has 0 spiro atoms. The molecule has 2 amide bonds. The van der Waals surface area contributed by atoms with Gasteiger partial charge >= 0.3 is 0 Å². The lowest BCUT2D eigenvalue weighted by molar-refractivity contribution is -0.180. The van der Waals surface area contributed by atoms with E-state index in [1.54, 1.807) is 7.11 Å². The van der Waals surface area contributed by atoms with Crippen LogP contribution in [0.4, 0.5) is 0 Å². The molecule has 1 heterocycles. The summed E-state index contributed by atoms with van der Waals surface area (Å²) in [6.45, 7) is 8.38. The number of nitrogens with zero attached hydrogens (tertiary/aromatic N) is 1. The van der Waals surface area contributed by atoms with Gasteiger partial charge in [-0.1, -0.05) is 164 Å². The molecule has 2 atom stereocenters. The molecule has 0 aromatic heterocycles. The van der Waals surface area contributed by atoms with Gasteiger partial charge in [0.1, 0.15) is 0 Å². The molecule has 8 heteroatoms. The SMILES string of the molecule is CCCCC/C=C\C/C=C\CCCCCCCCC1(CCCCCCCC/C=C\C/C=C\CCCCC)OCC(CCN(C)CCCCCC(=O)NCCCNC(=O)C2=CCC(OC)C=C2)O1. The number of methoxy groups -OCH3 is 1. The fraction of sp³-hybridized carbons (Fsp3) is 0.763. The molecule has 1 saturated heterocycles. The van der Waals surface area contributed by atoms with Crippen molar-refractivity contribution in [1.29, 1.82) is 0 Å². The van der Waals surface area contributed by atoms with Crippen molar-refractivity contribution < 1.29 is 23.8 Å². The zero-order chi connectivity index (χ0) is 48.1. The second kappa shape index (κ2) is 43.3. The van der Waals surface area contributed by atoms with E-state index in [1.807, 2.05) is 18.2 Å². The number of allylic oxidation sites excluding steroid dienone is 8. The summed E-state index contributed by atoms with van der Waals surface area (Å²) in [6, 6.07) is 0. The zero-order valence-corrected chi connectivity index (χ0v) is 43.9. The quantitative estimate of drug-likeness (QED) is 0.0467. The predicted octanol–water partition coefficient (Wildman–Crippen LogP) is 14.9. The first-order chi connectivity index (χ1) is 32.9. The molecular formula is C59H103N3O5.